The summed E-state index contributed by atoms with van der Waals surface area (Å²) in [6.45, 7) is 3.45. The highest BCUT2D eigenvalue weighted by molar-refractivity contribution is 6.32. The van der Waals surface area contributed by atoms with Crippen LogP contribution in [0.2, 0.25) is 5.02 Å². The zero-order valence-electron chi connectivity index (χ0n) is 13.8. The van der Waals surface area contributed by atoms with E-state index < -0.39 is 0 Å². The van der Waals surface area contributed by atoms with Crippen molar-refractivity contribution in [2.75, 3.05) is 25.0 Å². The van der Waals surface area contributed by atoms with Crippen molar-refractivity contribution < 1.29 is 9.59 Å². The Labute approximate surface area is 150 Å². The maximum atomic E-state index is 12.4. The van der Waals surface area contributed by atoms with Crippen LogP contribution in [0.15, 0.2) is 30.9 Å². The highest BCUT2D eigenvalue weighted by Gasteiger charge is 2.30. The van der Waals surface area contributed by atoms with Crippen LogP contribution in [0.3, 0.4) is 0 Å². The van der Waals surface area contributed by atoms with Crippen LogP contribution in [0.5, 0.6) is 0 Å². The molecule has 8 nitrogen and oxygen atoms in total. The van der Waals surface area contributed by atoms with Gasteiger partial charge in [-0.25, -0.2) is 14.5 Å². The molecule has 9 heteroatoms. The zero-order chi connectivity index (χ0) is 17.8. The highest BCUT2D eigenvalue weighted by Crippen LogP contribution is 2.24. The number of anilines is 1. The molecule has 1 fully saturated rings. The van der Waals surface area contributed by atoms with Gasteiger partial charge in [0.25, 0.3) is 0 Å². The molecule has 0 spiro atoms. The molecule has 0 radical (unpaired) electrons. The zero-order valence-corrected chi connectivity index (χ0v) is 14.5. The third-order valence-corrected chi connectivity index (χ3v) is 4.36. The SMILES string of the molecule is CCNC(=O)[C@@H]1CCN(C(=O)Nc2ccc(-n3cncn3)c(Cl)c2)C1. The molecule has 2 N–H and O–H groups in total. The van der Waals surface area contributed by atoms with Gasteiger partial charge in [0.15, 0.2) is 0 Å². The molecular formula is C16H19ClN6O2. The van der Waals surface area contributed by atoms with Crippen LogP contribution < -0.4 is 10.6 Å². The number of rotatable bonds is 4. The number of halogens is 1. The van der Waals surface area contributed by atoms with Gasteiger partial charge >= 0.3 is 6.03 Å². The first kappa shape index (κ1) is 17.2. The number of benzene rings is 1. The molecule has 1 saturated heterocycles. The largest absolute Gasteiger partial charge is 0.356 e. The lowest BCUT2D eigenvalue weighted by Gasteiger charge is -2.17. The summed E-state index contributed by atoms with van der Waals surface area (Å²) in [7, 11) is 0. The summed E-state index contributed by atoms with van der Waals surface area (Å²) in [5.41, 5.74) is 1.26. The quantitative estimate of drug-likeness (QED) is 0.869. The van der Waals surface area contributed by atoms with Crippen LogP contribution in [-0.4, -0.2) is 51.2 Å². The van der Waals surface area contributed by atoms with E-state index in [-0.39, 0.29) is 17.9 Å². The molecule has 0 aliphatic carbocycles. The summed E-state index contributed by atoms with van der Waals surface area (Å²) in [4.78, 5) is 29.8. The fraction of sp³-hybridized carbons (Fsp3) is 0.375. The van der Waals surface area contributed by atoms with E-state index >= 15 is 0 Å². The van der Waals surface area contributed by atoms with Gasteiger partial charge in [-0.3, -0.25) is 4.79 Å². The van der Waals surface area contributed by atoms with E-state index in [1.54, 1.807) is 34.1 Å². The van der Waals surface area contributed by atoms with E-state index in [1.165, 1.54) is 6.33 Å². The lowest BCUT2D eigenvalue weighted by molar-refractivity contribution is -0.124. The minimum atomic E-state index is -0.239. The van der Waals surface area contributed by atoms with Crippen LogP contribution in [-0.2, 0) is 4.79 Å². The number of hydrogen-bond acceptors (Lipinski definition) is 4. The number of nitrogens with one attached hydrogen (secondary N) is 2. The second kappa shape index (κ2) is 7.52. The maximum Gasteiger partial charge on any atom is 0.321 e. The van der Waals surface area contributed by atoms with Crippen molar-refractivity contribution in [3.63, 3.8) is 0 Å². The molecule has 1 aromatic carbocycles. The fourth-order valence-corrected chi connectivity index (χ4v) is 3.05. The van der Waals surface area contributed by atoms with Crippen LogP contribution >= 0.6 is 11.6 Å². The summed E-state index contributed by atoms with van der Waals surface area (Å²) in [5, 5.41) is 10.1. The predicted octanol–water partition coefficient (Wildman–Crippen LogP) is 1.91. The molecule has 1 atom stereocenters. The third-order valence-electron chi connectivity index (χ3n) is 4.06. The molecule has 25 heavy (non-hydrogen) atoms. The molecule has 1 aliphatic rings. The van der Waals surface area contributed by atoms with E-state index in [4.69, 9.17) is 11.6 Å². The lowest BCUT2D eigenvalue weighted by Crippen LogP contribution is -2.36. The molecule has 3 rings (SSSR count). The monoisotopic (exact) mass is 362 g/mol. The van der Waals surface area contributed by atoms with Crippen molar-refractivity contribution >= 4 is 29.2 Å². The van der Waals surface area contributed by atoms with Gasteiger partial charge in [0.05, 0.1) is 16.6 Å². The number of nitrogens with zero attached hydrogens (tertiary/aromatic N) is 4. The number of hydrogen-bond donors (Lipinski definition) is 2. The standard InChI is InChI=1S/C16H19ClN6O2/c1-2-19-15(24)11-5-6-22(8-11)16(25)21-12-3-4-14(13(17)7-12)23-10-18-9-20-23/h3-4,7,9-11H,2,5-6,8H2,1H3,(H,19,24)(H,21,25)/t11-/m1/s1. The van der Waals surface area contributed by atoms with Crippen molar-refractivity contribution in [2.24, 2.45) is 5.92 Å². The van der Waals surface area contributed by atoms with Gasteiger partial charge in [-0.2, -0.15) is 5.10 Å². The smallest absolute Gasteiger partial charge is 0.321 e. The molecule has 2 heterocycles. The normalized spacial score (nSPS) is 16.7. The number of likely N-dealkylation sites (tertiary alicyclic amines) is 1. The third kappa shape index (κ3) is 3.90. The lowest BCUT2D eigenvalue weighted by atomic mass is 10.1. The molecule has 0 saturated carbocycles. The van der Waals surface area contributed by atoms with E-state index in [2.05, 4.69) is 20.7 Å². The van der Waals surface area contributed by atoms with E-state index in [0.717, 1.165) is 0 Å². The van der Waals surface area contributed by atoms with Crippen LogP contribution in [0.4, 0.5) is 10.5 Å². The van der Waals surface area contributed by atoms with Crippen molar-refractivity contribution in [3.05, 3.63) is 35.9 Å². The molecule has 0 bridgehead atoms. The van der Waals surface area contributed by atoms with Crippen molar-refractivity contribution in [1.82, 2.24) is 25.0 Å². The molecule has 1 aromatic heterocycles. The van der Waals surface area contributed by atoms with Gasteiger partial charge in [0, 0.05) is 25.3 Å². The summed E-state index contributed by atoms with van der Waals surface area (Å²) in [5.74, 6) is -0.151. The van der Waals surface area contributed by atoms with Crippen LogP contribution in [0, 0.1) is 5.92 Å². The van der Waals surface area contributed by atoms with Gasteiger partial charge in [0.1, 0.15) is 12.7 Å². The maximum absolute atomic E-state index is 12.4. The van der Waals surface area contributed by atoms with Crippen LogP contribution in [0.25, 0.3) is 5.69 Å². The van der Waals surface area contributed by atoms with E-state index in [0.29, 0.717) is 42.5 Å². The molecule has 132 valence electrons. The Hall–Kier alpha value is -2.61. The first-order valence-electron chi connectivity index (χ1n) is 8.06. The number of amides is 3. The van der Waals surface area contributed by atoms with Crippen molar-refractivity contribution in [2.45, 2.75) is 13.3 Å². The second-order valence-corrected chi connectivity index (χ2v) is 6.17. The summed E-state index contributed by atoms with van der Waals surface area (Å²) >= 11 is 6.26. The predicted molar refractivity (Wildman–Crippen MR) is 93.8 cm³/mol. The molecular weight excluding hydrogens is 344 g/mol. The minimum Gasteiger partial charge on any atom is -0.356 e. The minimum absolute atomic E-state index is 0.00182. The number of urea groups is 1. The molecule has 3 amide bonds. The van der Waals surface area contributed by atoms with Gasteiger partial charge < -0.3 is 15.5 Å². The van der Waals surface area contributed by atoms with Gasteiger partial charge in [-0.05, 0) is 31.5 Å². The summed E-state index contributed by atoms with van der Waals surface area (Å²) in [6, 6.07) is 4.93. The Kier molecular flexibility index (Phi) is 5.18. The summed E-state index contributed by atoms with van der Waals surface area (Å²) in [6.07, 6.45) is 3.64. The number of carbonyl (C=O) groups is 2. The topological polar surface area (TPSA) is 92.2 Å². The van der Waals surface area contributed by atoms with Crippen molar-refractivity contribution in [3.8, 4) is 5.69 Å². The molecule has 2 aromatic rings. The van der Waals surface area contributed by atoms with Gasteiger partial charge in [0.2, 0.25) is 5.91 Å². The first-order chi connectivity index (χ1) is 12.1. The second-order valence-electron chi connectivity index (χ2n) is 5.76. The van der Waals surface area contributed by atoms with E-state index in [9.17, 15) is 9.59 Å². The van der Waals surface area contributed by atoms with Gasteiger partial charge in [-0.15, -0.1) is 0 Å². The van der Waals surface area contributed by atoms with Crippen LogP contribution in [0.1, 0.15) is 13.3 Å². The number of carbonyl (C=O) groups excluding carboxylic acids is 2. The van der Waals surface area contributed by atoms with Crippen molar-refractivity contribution in [1.29, 1.82) is 0 Å². The Morgan fingerprint density at radius 2 is 2.24 bits per heavy atom. The summed E-state index contributed by atoms with van der Waals surface area (Å²) < 4.78 is 1.55. The molecule has 1 aliphatic heterocycles. The van der Waals surface area contributed by atoms with Gasteiger partial charge in [-0.1, -0.05) is 11.6 Å². The van der Waals surface area contributed by atoms with E-state index in [1.807, 2.05) is 6.92 Å². The Morgan fingerprint density at radius 1 is 1.40 bits per heavy atom. The Bertz CT molecular complexity index is 764. The Morgan fingerprint density at radius 3 is 2.92 bits per heavy atom. The molecule has 0 unspecified atom stereocenters. The number of aromatic nitrogens is 3. The Balaban J connectivity index is 1.62. The first-order valence-corrected chi connectivity index (χ1v) is 8.44. The fourth-order valence-electron chi connectivity index (χ4n) is 2.78. The highest BCUT2D eigenvalue weighted by atomic mass is 35.5. The average Bonchev–Trinajstić information content (AvgIpc) is 3.27. The average molecular weight is 363 g/mol.